The number of nitrogens with two attached hydrogens (primary N) is 1. The largest absolute Gasteiger partial charge is 0.488 e. The fourth-order valence-electron chi connectivity index (χ4n) is 0.811. The molecule has 1 unspecified atom stereocenters. The number of hydrazone groups is 1. The normalized spacial score (nSPS) is 35.4. The van der Waals surface area contributed by atoms with E-state index in [1.165, 1.54) is 0 Å². The highest BCUT2D eigenvalue weighted by atomic mass is 19.4. The Bertz CT molecular complexity index is 219. The minimum Gasteiger partial charge on any atom is -0.294 e. The molecule has 1 saturated heterocycles. The van der Waals surface area contributed by atoms with Gasteiger partial charge < -0.3 is 0 Å². The van der Waals surface area contributed by atoms with Crippen LogP contribution in [0.15, 0.2) is 5.10 Å². The molecule has 62 valence electrons. The van der Waals surface area contributed by atoms with Gasteiger partial charge in [-0.2, -0.15) is 13.2 Å². The van der Waals surface area contributed by atoms with Crippen molar-refractivity contribution in [1.29, 1.82) is 0 Å². The molecule has 0 radical (unpaired) electrons. The van der Waals surface area contributed by atoms with E-state index in [1.54, 1.807) is 0 Å². The topological polar surface area (TPSA) is 53.5 Å². The number of hydrogen-bond acceptors (Lipinski definition) is 3. The molecule has 2 aliphatic rings. The Morgan fingerprint density at radius 2 is 2.27 bits per heavy atom. The number of halogens is 3. The highest BCUT2D eigenvalue weighted by Gasteiger charge is 2.60. The van der Waals surface area contributed by atoms with E-state index in [0.717, 1.165) is 5.32 Å². The van der Waals surface area contributed by atoms with Gasteiger partial charge in [-0.25, -0.2) is 10.7 Å². The summed E-state index contributed by atoms with van der Waals surface area (Å²) in [4.78, 5) is 0. The molecule has 0 aromatic rings. The van der Waals surface area contributed by atoms with E-state index in [9.17, 15) is 13.2 Å². The molecule has 7 heteroatoms. The van der Waals surface area contributed by atoms with Gasteiger partial charge in [0, 0.05) is 0 Å². The first kappa shape index (κ1) is 6.86. The van der Waals surface area contributed by atoms with E-state index in [0.29, 0.717) is 0 Å². The lowest BCUT2D eigenvalue weighted by Gasteiger charge is -2.01. The van der Waals surface area contributed by atoms with E-state index in [2.05, 4.69) is 10.5 Å². The van der Waals surface area contributed by atoms with Crippen LogP contribution in [0.4, 0.5) is 13.2 Å². The van der Waals surface area contributed by atoms with Crippen molar-refractivity contribution in [2.45, 2.75) is 12.0 Å². The lowest BCUT2D eigenvalue weighted by Crippen LogP contribution is -2.97. The molecule has 11 heavy (non-hydrogen) atoms. The van der Waals surface area contributed by atoms with E-state index < -0.39 is 17.9 Å². The summed E-state index contributed by atoms with van der Waals surface area (Å²) in [5, 5.41) is 4.03. The molecule has 0 saturated carbocycles. The first-order valence-electron chi connectivity index (χ1n) is 2.94. The van der Waals surface area contributed by atoms with Gasteiger partial charge in [0.15, 0.2) is 6.61 Å². The van der Waals surface area contributed by atoms with Gasteiger partial charge in [-0.3, -0.25) is 4.74 Å². The van der Waals surface area contributed by atoms with E-state index >= 15 is 0 Å². The van der Waals surface area contributed by atoms with Crippen LogP contribution in [-0.2, 0) is 4.74 Å². The zero-order chi connectivity index (χ0) is 8.11. The number of rotatable bonds is 0. The third-order valence-corrected chi connectivity index (χ3v) is 1.48. The SMILES string of the molecule is FC(F)(F)C1=NNC2(CO2)[NH2+]1. The second kappa shape index (κ2) is 1.67. The Hall–Kier alpha value is -0.820. The van der Waals surface area contributed by atoms with Crippen molar-refractivity contribution in [3.8, 4) is 0 Å². The molecular formula is C4H5F3N3O+. The molecule has 3 N–H and O–H groups in total. The van der Waals surface area contributed by atoms with Crippen molar-refractivity contribution in [1.82, 2.24) is 5.43 Å². The number of quaternary nitrogens is 1. The van der Waals surface area contributed by atoms with Gasteiger partial charge in [-0.15, -0.1) is 5.10 Å². The zero-order valence-corrected chi connectivity index (χ0v) is 5.27. The predicted molar refractivity (Wildman–Crippen MR) is 27.2 cm³/mol. The van der Waals surface area contributed by atoms with Crippen LogP contribution in [0.1, 0.15) is 0 Å². The summed E-state index contributed by atoms with van der Waals surface area (Å²) in [6.07, 6.45) is -4.37. The average Bonchev–Trinajstić information content (AvgIpc) is 2.38. The summed E-state index contributed by atoms with van der Waals surface area (Å²) in [7, 11) is 0. The molecule has 0 aromatic carbocycles. The van der Waals surface area contributed by atoms with Crippen molar-refractivity contribution >= 4 is 5.84 Å². The van der Waals surface area contributed by atoms with E-state index in [1.807, 2.05) is 0 Å². The molecular weight excluding hydrogens is 163 g/mol. The lowest BCUT2D eigenvalue weighted by molar-refractivity contribution is -0.624. The number of hydrogen-bond donors (Lipinski definition) is 2. The quantitative estimate of drug-likeness (QED) is 0.442. The summed E-state index contributed by atoms with van der Waals surface area (Å²) in [5.41, 5.74) is 2.25. The molecule has 1 fully saturated rings. The van der Waals surface area contributed by atoms with Crippen molar-refractivity contribution < 1.29 is 23.2 Å². The number of nitrogens with one attached hydrogen (secondary N) is 1. The summed E-state index contributed by atoms with van der Waals surface area (Å²) in [6.45, 7) is 0.260. The molecule has 2 heterocycles. The fraction of sp³-hybridized carbons (Fsp3) is 0.750. The van der Waals surface area contributed by atoms with Gasteiger partial charge in [0.25, 0.3) is 0 Å². The Morgan fingerprint density at radius 3 is 2.55 bits per heavy atom. The lowest BCUT2D eigenvalue weighted by atomic mass is 10.5. The molecule has 2 aliphatic heterocycles. The third kappa shape index (κ3) is 1.05. The zero-order valence-electron chi connectivity index (χ0n) is 5.27. The highest BCUT2D eigenvalue weighted by molar-refractivity contribution is 5.79. The van der Waals surface area contributed by atoms with Crippen LogP contribution in [0.3, 0.4) is 0 Å². The minimum absolute atomic E-state index is 0.260. The Labute approximate surface area is 59.4 Å². The average molecular weight is 168 g/mol. The summed E-state index contributed by atoms with van der Waals surface area (Å²) in [5.74, 6) is -1.83. The number of amidine groups is 1. The summed E-state index contributed by atoms with van der Waals surface area (Å²) < 4.78 is 40.3. The first-order valence-corrected chi connectivity index (χ1v) is 2.94. The Kier molecular flexibility index (Phi) is 1.04. The molecule has 0 aromatic heterocycles. The maximum absolute atomic E-state index is 11.9. The van der Waals surface area contributed by atoms with Crippen LogP contribution >= 0.6 is 0 Å². The number of alkyl halides is 3. The maximum atomic E-state index is 11.9. The van der Waals surface area contributed by atoms with Gasteiger partial charge in [-0.05, 0) is 0 Å². The smallest absolute Gasteiger partial charge is 0.294 e. The van der Waals surface area contributed by atoms with Gasteiger partial charge in [0.2, 0.25) is 0 Å². The Morgan fingerprint density at radius 1 is 1.64 bits per heavy atom. The van der Waals surface area contributed by atoms with Crippen molar-refractivity contribution in [3.05, 3.63) is 0 Å². The third-order valence-electron chi connectivity index (χ3n) is 1.48. The number of nitrogens with zero attached hydrogens (tertiary/aromatic N) is 1. The molecule has 1 spiro atoms. The van der Waals surface area contributed by atoms with Crippen LogP contribution < -0.4 is 10.7 Å². The van der Waals surface area contributed by atoms with Gasteiger partial charge in [0.05, 0.1) is 0 Å². The van der Waals surface area contributed by atoms with Crippen molar-refractivity contribution in [3.63, 3.8) is 0 Å². The molecule has 4 nitrogen and oxygen atoms in total. The van der Waals surface area contributed by atoms with E-state index in [-0.39, 0.29) is 6.61 Å². The van der Waals surface area contributed by atoms with Crippen molar-refractivity contribution in [2.75, 3.05) is 6.61 Å². The summed E-state index contributed by atoms with van der Waals surface area (Å²) >= 11 is 0. The number of ether oxygens (including phenoxy) is 1. The summed E-state index contributed by atoms with van der Waals surface area (Å²) in [6, 6.07) is 0. The number of epoxide rings is 1. The molecule has 0 bridgehead atoms. The second-order valence-electron chi connectivity index (χ2n) is 2.43. The van der Waals surface area contributed by atoms with Crippen LogP contribution in [0.2, 0.25) is 0 Å². The van der Waals surface area contributed by atoms with Crippen LogP contribution in [0.5, 0.6) is 0 Å². The van der Waals surface area contributed by atoms with Gasteiger partial charge in [-0.1, -0.05) is 0 Å². The Balaban J connectivity index is 2.08. The standard InChI is InChI=1S/C4H4F3N3O/c5-4(6,7)2-8-3(1-11-3)10-9-2/h10H,1H2,(H,8,9)/p+1. The minimum atomic E-state index is -4.37. The van der Waals surface area contributed by atoms with Crippen molar-refractivity contribution in [2.24, 2.45) is 5.10 Å². The second-order valence-corrected chi connectivity index (χ2v) is 2.43. The molecule has 2 rings (SSSR count). The predicted octanol–water partition coefficient (Wildman–Crippen LogP) is -1.29. The highest BCUT2D eigenvalue weighted by Crippen LogP contribution is 2.21. The maximum Gasteiger partial charge on any atom is 0.488 e. The molecule has 0 aliphatic carbocycles. The monoisotopic (exact) mass is 168 g/mol. The van der Waals surface area contributed by atoms with Crippen LogP contribution in [-0.4, -0.2) is 24.5 Å². The van der Waals surface area contributed by atoms with E-state index in [4.69, 9.17) is 4.74 Å². The van der Waals surface area contributed by atoms with Gasteiger partial charge >= 0.3 is 17.9 Å². The first-order chi connectivity index (χ1) is 5.02. The van der Waals surface area contributed by atoms with Crippen LogP contribution in [0.25, 0.3) is 0 Å². The fourth-order valence-corrected chi connectivity index (χ4v) is 0.811. The van der Waals surface area contributed by atoms with Crippen LogP contribution in [0, 0.1) is 0 Å². The van der Waals surface area contributed by atoms with Gasteiger partial charge in [0.1, 0.15) is 0 Å². The molecule has 1 atom stereocenters. The molecule has 0 amide bonds.